The summed E-state index contributed by atoms with van der Waals surface area (Å²) < 4.78 is 4.45. The van der Waals surface area contributed by atoms with Crippen LogP contribution in [0.15, 0.2) is 33.9 Å². The molecule has 136 valence electrons. The Morgan fingerprint density at radius 1 is 1.08 bits per heavy atom. The van der Waals surface area contributed by atoms with Crippen molar-refractivity contribution in [1.82, 2.24) is 18.7 Å². The van der Waals surface area contributed by atoms with Crippen LogP contribution in [0.25, 0.3) is 11.2 Å². The molecule has 8 heteroatoms. The Morgan fingerprint density at radius 3 is 2.46 bits per heavy atom. The number of hydrogen-bond donors (Lipinski definition) is 0. The number of aromatic nitrogens is 4. The summed E-state index contributed by atoms with van der Waals surface area (Å²) in [5.74, 6) is 0.718. The van der Waals surface area contributed by atoms with E-state index in [1.807, 2.05) is 28.8 Å². The van der Waals surface area contributed by atoms with Crippen molar-refractivity contribution >= 4 is 28.7 Å². The molecule has 3 heterocycles. The fourth-order valence-electron chi connectivity index (χ4n) is 3.54. The highest BCUT2D eigenvalue weighted by molar-refractivity contribution is 6.31. The molecule has 0 saturated carbocycles. The van der Waals surface area contributed by atoms with Crippen molar-refractivity contribution in [3.8, 4) is 0 Å². The number of rotatable bonds is 3. The molecule has 2 aromatic heterocycles. The Morgan fingerprint density at radius 2 is 1.77 bits per heavy atom. The van der Waals surface area contributed by atoms with Crippen molar-refractivity contribution in [1.29, 1.82) is 0 Å². The van der Waals surface area contributed by atoms with Crippen LogP contribution in [0.2, 0.25) is 5.02 Å². The molecule has 0 bridgehead atoms. The van der Waals surface area contributed by atoms with E-state index in [1.165, 1.54) is 11.6 Å². The molecule has 26 heavy (non-hydrogen) atoms. The van der Waals surface area contributed by atoms with Crippen LogP contribution in [0, 0.1) is 0 Å². The maximum absolute atomic E-state index is 12.9. The number of imidazole rings is 1. The van der Waals surface area contributed by atoms with Gasteiger partial charge in [-0.25, -0.2) is 4.79 Å². The van der Waals surface area contributed by atoms with E-state index in [4.69, 9.17) is 11.6 Å². The molecule has 1 aliphatic rings. The summed E-state index contributed by atoms with van der Waals surface area (Å²) in [6, 6.07) is 7.57. The smallest absolute Gasteiger partial charge is 0.332 e. The van der Waals surface area contributed by atoms with Gasteiger partial charge >= 0.3 is 5.69 Å². The molecule has 1 fully saturated rings. The SMILES string of the molecule is Cn1c(=O)c2c(nc(N3CCCC3)n2Cc2ccccc2Cl)n(C)c1=O. The van der Waals surface area contributed by atoms with Gasteiger partial charge in [0.25, 0.3) is 5.56 Å². The minimum atomic E-state index is -0.377. The molecule has 1 aromatic carbocycles. The maximum atomic E-state index is 12.9. The van der Waals surface area contributed by atoms with Crippen molar-refractivity contribution in [3.63, 3.8) is 0 Å². The molecule has 0 N–H and O–H groups in total. The highest BCUT2D eigenvalue weighted by atomic mass is 35.5. The molecular weight excluding hydrogens is 354 g/mol. The Hall–Kier alpha value is -2.54. The van der Waals surface area contributed by atoms with Crippen LogP contribution >= 0.6 is 11.6 Å². The molecular formula is C18H20ClN5O2. The van der Waals surface area contributed by atoms with Crippen LogP contribution in [0.1, 0.15) is 18.4 Å². The Bertz CT molecular complexity index is 1110. The molecule has 1 aliphatic heterocycles. The summed E-state index contributed by atoms with van der Waals surface area (Å²) in [5, 5.41) is 0.642. The summed E-state index contributed by atoms with van der Waals surface area (Å²) in [4.78, 5) is 32.0. The van der Waals surface area contributed by atoms with E-state index in [-0.39, 0.29) is 11.2 Å². The van der Waals surface area contributed by atoms with Gasteiger partial charge in [0.1, 0.15) is 0 Å². The third kappa shape index (κ3) is 2.54. The molecule has 0 amide bonds. The van der Waals surface area contributed by atoms with Gasteiger partial charge < -0.3 is 4.90 Å². The molecule has 0 radical (unpaired) electrons. The van der Waals surface area contributed by atoms with Gasteiger partial charge in [-0.15, -0.1) is 0 Å². The maximum Gasteiger partial charge on any atom is 0.332 e. The second kappa shape index (κ2) is 6.32. The van der Waals surface area contributed by atoms with Gasteiger partial charge in [0.2, 0.25) is 5.95 Å². The standard InChI is InChI=1S/C18H20ClN5O2/c1-21-15-14(16(25)22(2)18(21)26)24(11-12-7-3-4-8-13(12)19)17(20-15)23-9-5-6-10-23/h3-4,7-8H,5-6,9-11H2,1-2H3. The minimum absolute atomic E-state index is 0.340. The van der Waals surface area contributed by atoms with Crippen LogP contribution in [-0.2, 0) is 20.6 Å². The van der Waals surface area contributed by atoms with Gasteiger partial charge in [0.15, 0.2) is 11.2 Å². The van der Waals surface area contributed by atoms with Gasteiger partial charge in [-0.2, -0.15) is 4.98 Å². The summed E-state index contributed by atoms with van der Waals surface area (Å²) in [5.41, 5.74) is 1.03. The number of anilines is 1. The number of hydrogen-bond acceptors (Lipinski definition) is 4. The molecule has 0 atom stereocenters. The number of benzene rings is 1. The lowest BCUT2D eigenvalue weighted by molar-refractivity contribution is 0.701. The monoisotopic (exact) mass is 373 g/mol. The van der Waals surface area contributed by atoms with Crippen molar-refractivity contribution in [2.75, 3.05) is 18.0 Å². The van der Waals surface area contributed by atoms with E-state index in [1.54, 1.807) is 7.05 Å². The van der Waals surface area contributed by atoms with E-state index in [9.17, 15) is 9.59 Å². The minimum Gasteiger partial charge on any atom is -0.342 e. The summed E-state index contributed by atoms with van der Waals surface area (Å²) >= 11 is 6.35. The van der Waals surface area contributed by atoms with Gasteiger partial charge in [-0.05, 0) is 24.5 Å². The molecule has 0 spiro atoms. The first-order valence-electron chi connectivity index (χ1n) is 8.63. The van der Waals surface area contributed by atoms with Crippen molar-refractivity contribution in [2.45, 2.75) is 19.4 Å². The predicted molar refractivity (Wildman–Crippen MR) is 102 cm³/mol. The van der Waals surface area contributed by atoms with E-state index in [0.717, 1.165) is 42.0 Å². The average molecular weight is 374 g/mol. The van der Waals surface area contributed by atoms with E-state index >= 15 is 0 Å². The summed E-state index contributed by atoms with van der Waals surface area (Å²) in [7, 11) is 3.14. The lowest BCUT2D eigenvalue weighted by Gasteiger charge is -2.18. The Labute approximate surface area is 155 Å². The first kappa shape index (κ1) is 16.9. The second-order valence-electron chi connectivity index (χ2n) is 6.66. The van der Waals surface area contributed by atoms with Crippen molar-refractivity contribution < 1.29 is 0 Å². The van der Waals surface area contributed by atoms with Crippen LogP contribution in [0.3, 0.4) is 0 Å². The Kier molecular flexibility index (Phi) is 4.11. The highest BCUT2D eigenvalue weighted by Crippen LogP contribution is 2.26. The Balaban J connectivity index is 2.02. The number of fused-ring (bicyclic) bond motifs is 1. The first-order chi connectivity index (χ1) is 12.5. The topological polar surface area (TPSA) is 65.1 Å². The zero-order chi connectivity index (χ0) is 18.4. The molecule has 0 unspecified atom stereocenters. The summed E-state index contributed by atoms with van der Waals surface area (Å²) in [6.45, 7) is 2.20. The molecule has 1 saturated heterocycles. The summed E-state index contributed by atoms with van der Waals surface area (Å²) in [6.07, 6.45) is 2.18. The van der Waals surface area contributed by atoms with Gasteiger partial charge in [0, 0.05) is 32.2 Å². The molecule has 3 aromatic rings. The van der Waals surface area contributed by atoms with Gasteiger partial charge in [0.05, 0.1) is 6.54 Å². The third-order valence-corrected chi connectivity index (χ3v) is 5.37. The van der Waals surface area contributed by atoms with Crippen LogP contribution in [-0.4, -0.2) is 31.8 Å². The number of nitrogens with zero attached hydrogens (tertiary/aromatic N) is 5. The first-order valence-corrected chi connectivity index (χ1v) is 9.01. The zero-order valence-corrected chi connectivity index (χ0v) is 15.5. The van der Waals surface area contributed by atoms with Crippen LogP contribution < -0.4 is 16.1 Å². The lowest BCUT2D eigenvalue weighted by Crippen LogP contribution is -2.37. The quantitative estimate of drug-likeness (QED) is 0.701. The predicted octanol–water partition coefficient (Wildman–Crippen LogP) is 1.74. The fraction of sp³-hybridized carbons (Fsp3) is 0.389. The zero-order valence-electron chi connectivity index (χ0n) is 14.8. The van der Waals surface area contributed by atoms with E-state index in [0.29, 0.717) is 22.7 Å². The fourth-order valence-corrected chi connectivity index (χ4v) is 3.74. The number of halogens is 1. The van der Waals surface area contributed by atoms with E-state index < -0.39 is 0 Å². The molecule has 0 aliphatic carbocycles. The van der Waals surface area contributed by atoms with Crippen LogP contribution in [0.5, 0.6) is 0 Å². The molecule has 4 rings (SSSR count). The normalized spacial score (nSPS) is 14.5. The number of aryl methyl sites for hydroxylation is 1. The van der Waals surface area contributed by atoms with Crippen LogP contribution in [0.4, 0.5) is 5.95 Å². The van der Waals surface area contributed by atoms with E-state index in [2.05, 4.69) is 9.88 Å². The van der Waals surface area contributed by atoms with Crippen molar-refractivity contribution in [2.24, 2.45) is 14.1 Å². The van der Waals surface area contributed by atoms with Crippen molar-refractivity contribution in [3.05, 3.63) is 55.7 Å². The average Bonchev–Trinajstić information content (AvgIpc) is 3.28. The second-order valence-corrected chi connectivity index (χ2v) is 7.07. The highest BCUT2D eigenvalue weighted by Gasteiger charge is 2.24. The largest absolute Gasteiger partial charge is 0.342 e. The lowest BCUT2D eigenvalue weighted by atomic mass is 10.2. The molecule has 7 nitrogen and oxygen atoms in total. The van der Waals surface area contributed by atoms with Gasteiger partial charge in [-0.1, -0.05) is 29.8 Å². The van der Waals surface area contributed by atoms with Gasteiger partial charge in [-0.3, -0.25) is 18.5 Å². The third-order valence-electron chi connectivity index (χ3n) is 5.00.